The number of aromatic nitrogens is 2. The number of ether oxygens (including phenoxy) is 2. The van der Waals surface area contributed by atoms with Crippen LogP contribution in [0.4, 0.5) is 0 Å². The Balaban J connectivity index is 1.76. The van der Waals surface area contributed by atoms with Gasteiger partial charge in [-0.1, -0.05) is 39.2 Å². The SMILES string of the molecule is C=CCCCCCCOc1ccc(-c2cnc(OCC(C)CC)cn2)cc1. The zero-order valence-corrected chi connectivity index (χ0v) is 16.7. The van der Waals surface area contributed by atoms with Crippen molar-refractivity contribution in [3.05, 3.63) is 49.3 Å². The lowest BCUT2D eigenvalue weighted by Gasteiger charge is -2.10. The Labute approximate surface area is 163 Å². The van der Waals surface area contributed by atoms with Gasteiger partial charge in [0.1, 0.15) is 5.75 Å². The molecule has 0 aliphatic carbocycles. The number of benzene rings is 1. The predicted molar refractivity (Wildman–Crippen MR) is 111 cm³/mol. The van der Waals surface area contributed by atoms with Gasteiger partial charge in [0.2, 0.25) is 5.88 Å². The number of hydrogen-bond acceptors (Lipinski definition) is 4. The number of allylic oxidation sites excluding steroid dienone is 1. The summed E-state index contributed by atoms with van der Waals surface area (Å²) in [5.74, 6) is 1.99. The lowest BCUT2D eigenvalue weighted by atomic mass is 10.1. The minimum absolute atomic E-state index is 0.520. The maximum absolute atomic E-state index is 5.81. The minimum Gasteiger partial charge on any atom is -0.494 e. The van der Waals surface area contributed by atoms with E-state index in [9.17, 15) is 0 Å². The summed E-state index contributed by atoms with van der Waals surface area (Å²) in [6.07, 6.45) is 12.4. The molecule has 0 N–H and O–H groups in total. The van der Waals surface area contributed by atoms with Crippen LogP contribution in [-0.4, -0.2) is 23.2 Å². The van der Waals surface area contributed by atoms with Crippen molar-refractivity contribution < 1.29 is 9.47 Å². The highest BCUT2D eigenvalue weighted by molar-refractivity contribution is 5.59. The van der Waals surface area contributed by atoms with Crippen molar-refractivity contribution in [3.8, 4) is 22.9 Å². The number of rotatable bonds is 13. The Bertz CT molecular complexity index is 653. The van der Waals surface area contributed by atoms with Gasteiger partial charge in [-0.3, -0.25) is 0 Å². The summed E-state index contributed by atoms with van der Waals surface area (Å²) in [6, 6.07) is 8.01. The normalized spacial score (nSPS) is 11.8. The fourth-order valence-corrected chi connectivity index (χ4v) is 2.54. The van der Waals surface area contributed by atoms with Gasteiger partial charge in [0.15, 0.2) is 0 Å². The molecule has 1 atom stereocenters. The van der Waals surface area contributed by atoms with Crippen LogP contribution in [0.25, 0.3) is 11.3 Å². The second kappa shape index (κ2) is 12.1. The van der Waals surface area contributed by atoms with Crippen LogP contribution in [0.5, 0.6) is 11.6 Å². The molecule has 0 spiro atoms. The first kappa shape index (κ1) is 20.9. The van der Waals surface area contributed by atoms with Crippen LogP contribution in [0, 0.1) is 5.92 Å². The summed E-state index contributed by atoms with van der Waals surface area (Å²) in [4.78, 5) is 8.81. The Hall–Kier alpha value is -2.36. The van der Waals surface area contributed by atoms with Gasteiger partial charge >= 0.3 is 0 Å². The second-order valence-electron chi connectivity index (χ2n) is 6.93. The van der Waals surface area contributed by atoms with Gasteiger partial charge in [0, 0.05) is 5.56 Å². The quantitative estimate of drug-likeness (QED) is 0.317. The van der Waals surface area contributed by atoms with Crippen LogP contribution >= 0.6 is 0 Å². The van der Waals surface area contributed by atoms with Gasteiger partial charge in [0.05, 0.1) is 31.3 Å². The molecule has 0 amide bonds. The molecular formula is C23H32N2O2. The Morgan fingerprint density at radius 1 is 1.00 bits per heavy atom. The molecule has 4 nitrogen and oxygen atoms in total. The molecule has 2 rings (SSSR count). The van der Waals surface area contributed by atoms with Crippen LogP contribution in [-0.2, 0) is 0 Å². The highest BCUT2D eigenvalue weighted by Crippen LogP contribution is 2.21. The molecule has 0 saturated carbocycles. The third-order valence-electron chi connectivity index (χ3n) is 4.56. The van der Waals surface area contributed by atoms with Gasteiger partial charge in [-0.25, -0.2) is 9.97 Å². The van der Waals surface area contributed by atoms with E-state index in [1.807, 2.05) is 30.3 Å². The molecule has 1 unspecified atom stereocenters. The van der Waals surface area contributed by atoms with E-state index >= 15 is 0 Å². The standard InChI is InChI=1S/C23H32N2O2/c1-4-6-7-8-9-10-15-26-21-13-11-20(12-14-21)22-16-25-23(17-24-22)27-18-19(3)5-2/h4,11-14,16-17,19H,1,5-10,15,18H2,2-3H3. The van der Waals surface area contributed by atoms with E-state index in [2.05, 4.69) is 30.4 Å². The number of hydrogen-bond donors (Lipinski definition) is 0. The summed E-state index contributed by atoms with van der Waals surface area (Å²) < 4.78 is 11.5. The van der Waals surface area contributed by atoms with E-state index in [1.165, 1.54) is 19.3 Å². The molecule has 27 heavy (non-hydrogen) atoms. The van der Waals surface area contributed by atoms with Gasteiger partial charge in [-0.05, 0) is 49.4 Å². The van der Waals surface area contributed by atoms with Gasteiger partial charge in [-0.15, -0.1) is 6.58 Å². The summed E-state index contributed by atoms with van der Waals surface area (Å²) in [6.45, 7) is 9.49. The van der Waals surface area contributed by atoms with Crippen molar-refractivity contribution in [3.63, 3.8) is 0 Å². The van der Waals surface area contributed by atoms with E-state index in [4.69, 9.17) is 9.47 Å². The van der Waals surface area contributed by atoms with E-state index in [-0.39, 0.29) is 0 Å². The minimum atomic E-state index is 0.520. The molecular weight excluding hydrogens is 336 g/mol. The summed E-state index contributed by atoms with van der Waals surface area (Å²) in [5, 5.41) is 0. The zero-order valence-electron chi connectivity index (χ0n) is 16.7. The van der Waals surface area contributed by atoms with Gasteiger partial charge < -0.3 is 9.47 Å². The molecule has 0 bridgehead atoms. The summed E-state index contributed by atoms with van der Waals surface area (Å²) >= 11 is 0. The fraction of sp³-hybridized carbons (Fsp3) is 0.478. The molecule has 1 aromatic heterocycles. The van der Waals surface area contributed by atoms with Crippen molar-refractivity contribution in [2.45, 2.75) is 52.4 Å². The molecule has 146 valence electrons. The van der Waals surface area contributed by atoms with E-state index < -0.39 is 0 Å². The molecule has 0 aliphatic heterocycles. The molecule has 0 aliphatic rings. The van der Waals surface area contributed by atoms with Crippen molar-refractivity contribution in [1.29, 1.82) is 0 Å². The lowest BCUT2D eigenvalue weighted by Crippen LogP contribution is -2.08. The Morgan fingerprint density at radius 3 is 2.44 bits per heavy atom. The second-order valence-corrected chi connectivity index (χ2v) is 6.93. The smallest absolute Gasteiger partial charge is 0.232 e. The van der Waals surface area contributed by atoms with Crippen molar-refractivity contribution in [2.75, 3.05) is 13.2 Å². The molecule has 4 heteroatoms. The predicted octanol–water partition coefficient (Wildman–Crippen LogP) is 6.08. The molecule has 0 radical (unpaired) electrons. The molecule has 1 aromatic carbocycles. The van der Waals surface area contributed by atoms with E-state index in [0.717, 1.165) is 42.9 Å². The first-order chi connectivity index (χ1) is 13.2. The first-order valence-corrected chi connectivity index (χ1v) is 10.0. The zero-order chi connectivity index (χ0) is 19.3. The van der Waals surface area contributed by atoms with Gasteiger partial charge in [-0.2, -0.15) is 0 Å². The van der Waals surface area contributed by atoms with Crippen molar-refractivity contribution in [2.24, 2.45) is 5.92 Å². The Morgan fingerprint density at radius 2 is 1.78 bits per heavy atom. The number of unbranched alkanes of at least 4 members (excludes halogenated alkanes) is 4. The third kappa shape index (κ3) is 7.81. The molecule has 1 heterocycles. The summed E-state index contributed by atoms with van der Waals surface area (Å²) in [5.41, 5.74) is 1.85. The van der Waals surface area contributed by atoms with Crippen molar-refractivity contribution in [1.82, 2.24) is 9.97 Å². The summed E-state index contributed by atoms with van der Waals surface area (Å²) in [7, 11) is 0. The third-order valence-corrected chi connectivity index (χ3v) is 4.56. The van der Waals surface area contributed by atoms with Gasteiger partial charge in [0.25, 0.3) is 0 Å². The number of nitrogens with zero attached hydrogens (tertiary/aromatic N) is 2. The fourth-order valence-electron chi connectivity index (χ4n) is 2.54. The Kier molecular flexibility index (Phi) is 9.39. The van der Waals surface area contributed by atoms with E-state index in [0.29, 0.717) is 18.4 Å². The highest BCUT2D eigenvalue weighted by atomic mass is 16.5. The highest BCUT2D eigenvalue weighted by Gasteiger charge is 2.04. The maximum Gasteiger partial charge on any atom is 0.232 e. The maximum atomic E-state index is 5.81. The van der Waals surface area contributed by atoms with Crippen LogP contribution in [0.2, 0.25) is 0 Å². The lowest BCUT2D eigenvalue weighted by molar-refractivity contribution is 0.247. The molecule has 0 saturated heterocycles. The monoisotopic (exact) mass is 368 g/mol. The largest absolute Gasteiger partial charge is 0.494 e. The topological polar surface area (TPSA) is 44.2 Å². The van der Waals surface area contributed by atoms with Crippen molar-refractivity contribution >= 4 is 0 Å². The average molecular weight is 369 g/mol. The van der Waals surface area contributed by atoms with Crippen LogP contribution in [0.3, 0.4) is 0 Å². The molecule has 2 aromatic rings. The first-order valence-electron chi connectivity index (χ1n) is 10.0. The van der Waals surface area contributed by atoms with E-state index in [1.54, 1.807) is 12.4 Å². The van der Waals surface area contributed by atoms with Crippen LogP contribution < -0.4 is 9.47 Å². The van der Waals surface area contributed by atoms with Crippen LogP contribution in [0.15, 0.2) is 49.3 Å². The van der Waals surface area contributed by atoms with Crippen LogP contribution in [0.1, 0.15) is 52.4 Å². The average Bonchev–Trinajstić information content (AvgIpc) is 2.72. The molecule has 0 fully saturated rings.